The van der Waals surface area contributed by atoms with Crippen molar-refractivity contribution >= 4 is 28.0 Å². The number of rotatable bonds is 3. The number of benzene rings is 1. The molecular weight excluding hydrogens is 354 g/mol. The molecule has 0 unspecified atom stereocenters. The van der Waals surface area contributed by atoms with Crippen LogP contribution in [0.1, 0.15) is 16.1 Å². The van der Waals surface area contributed by atoms with Gasteiger partial charge in [-0.05, 0) is 12.1 Å². The monoisotopic (exact) mass is 365 g/mol. The fourth-order valence-electron chi connectivity index (χ4n) is 2.64. The molecule has 3 aromatic heterocycles. The maximum atomic E-state index is 12.2. The van der Waals surface area contributed by atoms with E-state index in [1.807, 2.05) is 30.3 Å². The Kier molecular flexibility index (Phi) is 3.63. The van der Waals surface area contributed by atoms with E-state index in [-0.39, 0.29) is 16.9 Å². The molecule has 0 bridgehead atoms. The smallest absolute Gasteiger partial charge is 0.357 e. The van der Waals surface area contributed by atoms with Crippen LogP contribution >= 0.6 is 11.3 Å². The second-order valence-corrected chi connectivity index (χ2v) is 6.22. The molecule has 10 heteroatoms. The van der Waals surface area contributed by atoms with Crippen molar-refractivity contribution in [3.63, 3.8) is 0 Å². The lowest BCUT2D eigenvalue weighted by atomic mass is 10.2. The van der Waals surface area contributed by atoms with Gasteiger partial charge >= 0.3 is 5.97 Å². The van der Waals surface area contributed by atoms with Crippen LogP contribution in [-0.4, -0.2) is 37.5 Å². The molecule has 0 spiro atoms. The molecule has 0 aliphatic rings. The van der Waals surface area contributed by atoms with E-state index < -0.39 is 5.97 Å². The molecule has 1 aromatic carbocycles. The van der Waals surface area contributed by atoms with Gasteiger partial charge in [0.25, 0.3) is 0 Å². The lowest BCUT2D eigenvalue weighted by Gasteiger charge is -2.11. The van der Waals surface area contributed by atoms with E-state index in [1.54, 1.807) is 9.08 Å². The quantitative estimate of drug-likeness (QED) is 0.550. The zero-order chi connectivity index (χ0) is 18.3. The summed E-state index contributed by atoms with van der Waals surface area (Å²) in [7, 11) is 1.26. The number of nitriles is 1. The SMILES string of the molecule is COC(=O)c1c(N)c(C#N)cn1-c1ccccc1-c1nn2cnnc2s1. The van der Waals surface area contributed by atoms with Crippen molar-refractivity contribution in [3.8, 4) is 22.3 Å². The van der Waals surface area contributed by atoms with Gasteiger partial charge in [-0.3, -0.25) is 0 Å². The third kappa shape index (κ3) is 2.30. The van der Waals surface area contributed by atoms with Crippen molar-refractivity contribution in [1.29, 1.82) is 5.26 Å². The predicted molar refractivity (Wildman–Crippen MR) is 93.9 cm³/mol. The van der Waals surface area contributed by atoms with E-state index in [2.05, 4.69) is 15.3 Å². The van der Waals surface area contributed by atoms with Gasteiger partial charge in [-0.2, -0.15) is 14.9 Å². The first kappa shape index (κ1) is 15.8. The Morgan fingerprint density at radius 1 is 1.38 bits per heavy atom. The number of hydrogen-bond acceptors (Lipinski definition) is 8. The molecule has 0 saturated heterocycles. The molecule has 0 radical (unpaired) electrons. The van der Waals surface area contributed by atoms with Gasteiger partial charge in [0.15, 0.2) is 5.69 Å². The van der Waals surface area contributed by atoms with Gasteiger partial charge in [0.1, 0.15) is 17.4 Å². The van der Waals surface area contributed by atoms with E-state index in [0.29, 0.717) is 15.7 Å². The maximum Gasteiger partial charge on any atom is 0.357 e. The number of anilines is 1. The molecule has 3 heterocycles. The van der Waals surface area contributed by atoms with Crippen LogP contribution in [0.3, 0.4) is 0 Å². The van der Waals surface area contributed by atoms with Crippen LogP contribution in [0, 0.1) is 11.3 Å². The summed E-state index contributed by atoms with van der Waals surface area (Å²) in [6.45, 7) is 0. The summed E-state index contributed by atoms with van der Waals surface area (Å²) in [6.07, 6.45) is 3.03. The van der Waals surface area contributed by atoms with E-state index in [0.717, 1.165) is 5.56 Å². The standard InChI is InChI=1S/C16H11N7O2S/c1-25-15(24)13-12(18)9(6-17)7-22(13)11-5-3-2-4-10(11)14-21-23-8-19-20-16(23)26-14/h2-5,7-8H,18H2,1H3. The molecule has 128 valence electrons. The summed E-state index contributed by atoms with van der Waals surface area (Å²) in [5.41, 5.74) is 7.75. The fraction of sp³-hybridized carbons (Fsp3) is 0.0625. The lowest BCUT2D eigenvalue weighted by Crippen LogP contribution is -2.11. The number of nitrogens with two attached hydrogens (primary N) is 1. The Bertz CT molecular complexity index is 1150. The van der Waals surface area contributed by atoms with Gasteiger partial charge < -0.3 is 15.0 Å². The molecule has 0 atom stereocenters. The number of nitrogens with zero attached hydrogens (tertiary/aromatic N) is 6. The van der Waals surface area contributed by atoms with Crippen LogP contribution in [0.25, 0.3) is 21.2 Å². The predicted octanol–water partition coefficient (Wildman–Crippen LogP) is 1.88. The van der Waals surface area contributed by atoms with E-state index >= 15 is 0 Å². The number of nitrogen functional groups attached to an aromatic ring is 1. The van der Waals surface area contributed by atoms with Gasteiger partial charge in [0.2, 0.25) is 4.96 Å². The average molecular weight is 365 g/mol. The van der Waals surface area contributed by atoms with Crippen LogP contribution in [0.15, 0.2) is 36.8 Å². The highest BCUT2D eigenvalue weighted by Crippen LogP contribution is 2.33. The van der Waals surface area contributed by atoms with E-state index in [4.69, 9.17) is 10.5 Å². The first-order valence-electron chi connectivity index (χ1n) is 7.40. The van der Waals surface area contributed by atoms with E-state index in [1.165, 1.54) is 31.0 Å². The van der Waals surface area contributed by atoms with Gasteiger partial charge in [-0.15, -0.1) is 10.2 Å². The van der Waals surface area contributed by atoms with Crippen molar-refractivity contribution in [1.82, 2.24) is 24.4 Å². The van der Waals surface area contributed by atoms with Gasteiger partial charge in [-0.25, -0.2) is 4.79 Å². The van der Waals surface area contributed by atoms with Crippen molar-refractivity contribution in [2.45, 2.75) is 0 Å². The molecule has 0 aliphatic heterocycles. The minimum atomic E-state index is -0.628. The van der Waals surface area contributed by atoms with Crippen LogP contribution in [-0.2, 0) is 4.74 Å². The number of methoxy groups -OCH3 is 1. The summed E-state index contributed by atoms with van der Waals surface area (Å²) in [6, 6.07) is 9.35. The normalized spacial score (nSPS) is 10.8. The molecule has 9 nitrogen and oxygen atoms in total. The van der Waals surface area contributed by atoms with Crippen LogP contribution in [0.5, 0.6) is 0 Å². The fourth-order valence-corrected chi connectivity index (χ4v) is 3.49. The number of carbonyl (C=O) groups is 1. The van der Waals surface area contributed by atoms with Crippen LogP contribution in [0.4, 0.5) is 5.69 Å². The maximum absolute atomic E-state index is 12.2. The average Bonchev–Trinajstić information content (AvgIpc) is 3.34. The Labute approximate surface area is 150 Å². The Balaban J connectivity index is 1.97. The molecule has 4 aromatic rings. The number of fused-ring (bicyclic) bond motifs is 1. The molecule has 26 heavy (non-hydrogen) atoms. The summed E-state index contributed by atoms with van der Waals surface area (Å²) < 4.78 is 7.96. The zero-order valence-corrected chi connectivity index (χ0v) is 14.3. The molecule has 0 fully saturated rings. The number of esters is 1. The summed E-state index contributed by atoms with van der Waals surface area (Å²) in [5.74, 6) is -0.628. The highest BCUT2D eigenvalue weighted by atomic mass is 32.1. The lowest BCUT2D eigenvalue weighted by molar-refractivity contribution is 0.0593. The topological polar surface area (TPSA) is 124 Å². The number of ether oxygens (including phenoxy) is 1. The van der Waals surface area contributed by atoms with Crippen LogP contribution < -0.4 is 5.73 Å². The number of hydrogen-bond donors (Lipinski definition) is 1. The highest BCUT2D eigenvalue weighted by molar-refractivity contribution is 7.19. The van der Waals surface area contributed by atoms with Gasteiger partial charge in [-0.1, -0.05) is 23.5 Å². The largest absolute Gasteiger partial charge is 0.464 e. The third-order valence-corrected chi connectivity index (χ3v) is 4.77. The zero-order valence-electron chi connectivity index (χ0n) is 13.4. The van der Waals surface area contributed by atoms with Gasteiger partial charge in [0.05, 0.1) is 24.0 Å². The summed E-state index contributed by atoms with van der Waals surface area (Å²) >= 11 is 1.36. The number of aromatic nitrogens is 5. The molecule has 4 rings (SSSR count). The minimum absolute atomic E-state index is 0.0762. The molecule has 0 saturated carbocycles. The van der Waals surface area contributed by atoms with Crippen LogP contribution in [0.2, 0.25) is 0 Å². The Morgan fingerprint density at radius 3 is 2.92 bits per heavy atom. The van der Waals surface area contributed by atoms with Crippen molar-refractivity contribution < 1.29 is 9.53 Å². The second kappa shape index (κ2) is 5.98. The molecule has 0 amide bonds. The molecular formula is C16H11N7O2S. The number of carbonyl (C=O) groups excluding carboxylic acids is 1. The second-order valence-electron chi connectivity index (χ2n) is 5.26. The minimum Gasteiger partial charge on any atom is -0.464 e. The van der Waals surface area contributed by atoms with Crippen molar-refractivity contribution in [2.75, 3.05) is 12.8 Å². The summed E-state index contributed by atoms with van der Waals surface area (Å²) in [4.78, 5) is 12.9. The third-order valence-electron chi connectivity index (χ3n) is 3.82. The van der Waals surface area contributed by atoms with Crippen molar-refractivity contribution in [3.05, 3.63) is 48.0 Å². The Hall–Kier alpha value is -3.71. The molecule has 0 aliphatic carbocycles. The first-order valence-corrected chi connectivity index (χ1v) is 8.21. The Morgan fingerprint density at radius 2 is 2.19 bits per heavy atom. The first-order chi connectivity index (χ1) is 12.6. The van der Waals surface area contributed by atoms with Crippen molar-refractivity contribution in [2.24, 2.45) is 0 Å². The van der Waals surface area contributed by atoms with Gasteiger partial charge in [0, 0.05) is 11.8 Å². The summed E-state index contributed by atoms with van der Waals surface area (Å²) in [5, 5.41) is 22.2. The van der Waals surface area contributed by atoms with E-state index in [9.17, 15) is 10.1 Å². The molecule has 2 N–H and O–H groups in total. The highest BCUT2D eigenvalue weighted by Gasteiger charge is 2.24. The number of para-hydroxylation sites is 1.